The lowest BCUT2D eigenvalue weighted by atomic mass is 10.0. The molecule has 1 atom stereocenters. The second-order valence-corrected chi connectivity index (χ2v) is 5.00. The van der Waals surface area contributed by atoms with Crippen molar-refractivity contribution >= 4 is 28.2 Å². The molecule has 110 valence electrons. The number of nitrogens with one attached hydrogen (secondary N) is 1. The first-order valence-electron chi connectivity index (χ1n) is 6.43. The van der Waals surface area contributed by atoms with Crippen molar-refractivity contribution in [2.45, 2.75) is 19.9 Å². The highest BCUT2D eigenvalue weighted by molar-refractivity contribution is 5.97. The molecular formula is C14H15N3O4. The van der Waals surface area contributed by atoms with E-state index in [1.807, 2.05) is 0 Å². The monoisotopic (exact) mass is 289 g/mol. The number of nitrogens with zero attached hydrogens (tertiary/aromatic N) is 2. The van der Waals surface area contributed by atoms with Crippen LogP contribution in [0.4, 0.5) is 11.4 Å². The quantitative estimate of drug-likeness (QED) is 0.647. The number of fused-ring (bicyclic) bond motifs is 1. The Morgan fingerprint density at radius 1 is 1.38 bits per heavy atom. The first-order chi connectivity index (χ1) is 9.91. The third kappa shape index (κ3) is 2.91. The van der Waals surface area contributed by atoms with E-state index in [0.29, 0.717) is 10.9 Å². The molecule has 2 rings (SSSR count). The van der Waals surface area contributed by atoms with Gasteiger partial charge in [-0.2, -0.15) is 0 Å². The molecule has 0 aliphatic rings. The number of aromatic nitrogens is 1. The molecule has 0 aliphatic carbocycles. The van der Waals surface area contributed by atoms with Gasteiger partial charge >= 0.3 is 11.7 Å². The summed E-state index contributed by atoms with van der Waals surface area (Å²) in [5.74, 6) is -1.28. The molecule has 1 heterocycles. The minimum atomic E-state index is -1.06. The van der Waals surface area contributed by atoms with Crippen molar-refractivity contribution in [1.82, 2.24) is 4.98 Å². The predicted molar refractivity (Wildman–Crippen MR) is 78.3 cm³/mol. The zero-order valence-corrected chi connectivity index (χ0v) is 11.6. The number of para-hydroxylation sites is 1. The Balaban J connectivity index is 2.61. The highest BCUT2D eigenvalue weighted by Crippen LogP contribution is 2.32. The smallest absolute Gasteiger partial charge is 0.326 e. The molecule has 1 aromatic heterocycles. The summed E-state index contributed by atoms with van der Waals surface area (Å²) in [5.41, 5.74) is 0.519. The molecule has 1 unspecified atom stereocenters. The number of carboxylic acids is 1. The highest BCUT2D eigenvalue weighted by Gasteiger charge is 2.26. The second-order valence-electron chi connectivity index (χ2n) is 5.00. The van der Waals surface area contributed by atoms with E-state index in [4.69, 9.17) is 0 Å². The molecule has 0 fully saturated rings. The van der Waals surface area contributed by atoms with Gasteiger partial charge in [-0.25, -0.2) is 9.78 Å². The average Bonchev–Trinajstić information content (AvgIpc) is 2.43. The van der Waals surface area contributed by atoms with E-state index >= 15 is 0 Å². The number of hydrogen-bond donors (Lipinski definition) is 2. The van der Waals surface area contributed by atoms with Crippen molar-refractivity contribution < 1.29 is 14.8 Å². The lowest BCUT2D eigenvalue weighted by Gasteiger charge is -2.20. The fourth-order valence-electron chi connectivity index (χ4n) is 2.09. The van der Waals surface area contributed by atoms with Crippen LogP contribution in [0.15, 0.2) is 30.5 Å². The summed E-state index contributed by atoms with van der Waals surface area (Å²) >= 11 is 0. The third-order valence-electron chi connectivity index (χ3n) is 3.18. The fraction of sp³-hybridized carbons (Fsp3) is 0.286. The van der Waals surface area contributed by atoms with Crippen molar-refractivity contribution in [3.8, 4) is 0 Å². The summed E-state index contributed by atoms with van der Waals surface area (Å²) in [7, 11) is 0. The standard InChI is InChI=1S/C14H15N3O4/c1-8(2)12(14(18)19)16-13-9-5-3-4-6-10(9)15-7-11(13)17(20)21/h3-8,12H,1-2H3,(H,15,16)(H,18,19). The van der Waals surface area contributed by atoms with E-state index in [9.17, 15) is 20.0 Å². The molecule has 0 bridgehead atoms. The largest absolute Gasteiger partial charge is 0.480 e. The summed E-state index contributed by atoms with van der Waals surface area (Å²) < 4.78 is 0. The molecular weight excluding hydrogens is 274 g/mol. The van der Waals surface area contributed by atoms with Crippen LogP contribution in [0, 0.1) is 16.0 Å². The van der Waals surface area contributed by atoms with Gasteiger partial charge in [-0.3, -0.25) is 10.1 Å². The van der Waals surface area contributed by atoms with Crippen LogP contribution in [0.1, 0.15) is 13.8 Å². The molecule has 7 heteroatoms. The van der Waals surface area contributed by atoms with Gasteiger partial charge in [-0.1, -0.05) is 32.0 Å². The number of carboxylic acid groups (broad SMARTS) is 1. The van der Waals surface area contributed by atoms with E-state index in [1.165, 1.54) is 0 Å². The summed E-state index contributed by atoms with van der Waals surface area (Å²) in [6, 6.07) is 5.97. The van der Waals surface area contributed by atoms with Crippen LogP contribution >= 0.6 is 0 Å². The van der Waals surface area contributed by atoms with Crippen LogP contribution < -0.4 is 5.32 Å². The Labute approximate surface area is 120 Å². The topological polar surface area (TPSA) is 105 Å². The van der Waals surface area contributed by atoms with Crippen LogP contribution in [0.5, 0.6) is 0 Å². The van der Waals surface area contributed by atoms with Gasteiger partial charge in [0.05, 0.1) is 10.4 Å². The number of hydrogen-bond acceptors (Lipinski definition) is 5. The minimum Gasteiger partial charge on any atom is -0.480 e. The molecule has 0 saturated carbocycles. The lowest BCUT2D eigenvalue weighted by molar-refractivity contribution is -0.384. The Morgan fingerprint density at radius 2 is 2.05 bits per heavy atom. The zero-order chi connectivity index (χ0) is 15.6. The minimum absolute atomic E-state index is 0.187. The fourth-order valence-corrected chi connectivity index (χ4v) is 2.09. The van der Waals surface area contributed by atoms with Crippen LogP contribution in [0.3, 0.4) is 0 Å². The van der Waals surface area contributed by atoms with Crippen molar-refractivity contribution in [2.24, 2.45) is 5.92 Å². The molecule has 21 heavy (non-hydrogen) atoms. The van der Waals surface area contributed by atoms with E-state index in [0.717, 1.165) is 6.20 Å². The zero-order valence-electron chi connectivity index (χ0n) is 11.6. The molecule has 0 spiro atoms. The maximum atomic E-state index is 11.3. The van der Waals surface area contributed by atoms with E-state index in [2.05, 4.69) is 10.3 Å². The normalized spacial score (nSPS) is 12.3. The van der Waals surface area contributed by atoms with Crippen LogP contribution in [-0.2, 0) is 4.79 Å². The number of anilines is 1. The van der Waals surface area contributed by atoms with Gasteiger partial charge in [0.25, 0.3) is 0 Å². The molecule has 2 aromatic rings. The molecule has 2 N–H and O–H groups in total. The van der Waals surface area contributed by atoms with E-state index < -0.39 is 16.9 Å². The Bertz CT molecular complexity index is 700. The van der Waals surface area contributed by atoms with Crippen molar-refractivity contribution in [3.63, 3.8) is 0 Å². The summed E-state index contributed by atoms with van der Waals surface area (Å²) in [4.78, 5) is 25.9. The van der Waals surface area contributed by atoms with Gasteiger partial charge < -0.3 is 10.4 Å². The summed E-state index contributed by atoms with van der Waals surface area (Å²) in [6.45, 7) is 3.47. The molecule has 0 aliphatic heterocycles. The van der Waals surface area contributed by atoms with E-state index in [-0.39, 0.29) is 17.3 Å². The average molecular weight is 289 g/mol. The lowest BCUT2D eigenvalue weighted by Crippen LogP contribution is -2.34. The first kappa shape index (κ1) is 14.7. The molecule has 0 saturated heterocycles. The van der Waals surface area contributed by atoms with Crippen LogP contribution in [0.25, 0.3) is 10.9 Å². The van der Waals surface area contributed by atoms with Crippen molar-refractivity contribution in [2.75, 3.05) is 5.32 Å². The Kier molecular flexibility index (Phi) is 4.02. The van der Waals surface area contributed by atoms with E-state index in [1.54, 1.807) is 38.1 Å². The SMILES string of the molecule is CC(C)C(Nc1c([N+](=O)[O-])cnc2ccccc12)C(=O)O. The van der Waals surface area contributed by atoms with Gasteiger partial charge in [0.2, 0.25) is 0 Å². The Hall–Kier alpha value is -2.70. The van der Waals surface area contributed by atoms with Gasteiger partial charge in [0, 0.05) is 5.39 Å². The van der Waals surface area contributed by atoms with Gasteiger partial charge in [-0.05, 0) is 12.0 Å². The predicted octanol–water partition coefficient (Wildman–Crippen LogP) is 2.66. The second kappa shape index (κ2) is 5.74. The van der Waals surface area contributed by atoms with Gasteiger partial charge in [0.15, 0.2) is 0 Å². The molecule has 1 aromatic carbocycles. The highest BCUT2D eigenvalue weighted by atomic mass is 16.6. The Morgan fingerprint density at radius 3 is 2.62 bits per heavy atom. The molecule has 0 radical (unpaired) electrons. The number of nitro groups is 1. The number of carbonyl (C=O) groups is 1. The van der Waals surface area contributed by atoms with Crippen LogP contribution in [-0.4, -0.2) is 27.0 Å². The number of rotatable bonds is 5. The molecule has 7 nitrogen and oxygen atoms in total. The number of pyridine rings is 1. The summed E-state index contributed by atoms with van der Waals surface area (Å²) in [5, 5.41) is 23.7. The van der Waals surface area contributed by atoms with Gasteiger partial charge in [0.1, 0.15) is 17.9 Å². The first-order valence-corrected chi connectivity index (χ1v) is 6.43. The maximum Gasteiger partial charge on any atom is 0.326 e. The maximum absolute atomic E-state index is 11.3. The number of benzene rings is 1. The molecule has 0 amide bonds. The summed E-state index contributed by atoms with van der Waals surface area (Å²) in [6.07, 6.45) is 1.14. The van der Waals surface area contributed by atoms with Crippen molar-refractivity contribution in [1.29, 1.82) is 0 Å². The third-order valence-corrected chi connectivity index (χ3v) is 3.18. The van der Waals surface area contributed by atoms with Crippen LogP contribution in [0.2, 0.25) is 0 Å². The number of aliphatic carboxylic acids is 1. The van der Waals surface area contributed by atoms with Crippen molar-refractivity contribution in [3.05, 3.63) is 40.6 Å². The van der Waals surface area contributed by atoms with Gasteiger partial charge in [-0.15, -0.1) is 0 Å².